The number of ether oxygens (including phenoxy) is 1. The highest BCUT2D eigenvalue weighted by Gasteiger charge is 2.43. The van der Waals surface area contributed by atoms with Gasteiger partial charge in [-0.1, -0.05) is 13.8 Å². The maximum atomic E-state index is 12.0. The van der Waals surface area contributed by atoms with Crippen LogP contribution in [0.15, 0.2) is 11.8 Å². The first-order valence-electron chi connectivity index (χ1n) is 8.83. The number of carbonyl (C=O) groups is 3. The predicted molar refractivity (Wildman–Crippen MR) is 93.3 cm³/mol. The van der Waals surface area contributed by atoms with Gasteiger partial charge in [-0.15, -0.1) is 0 Å². The topological polar surface area (TPSA) is 165 Å². The SMILES string of the molecule is CCC(CC)C(=O)NC[C@H](O)[C@H](O)C1OC(C(=O)O)=CC(O)[C@H]1NC(C)=O. The maximum absolute atomic E-state index is 12.0. The van der Waals surface area contributed by atoms with Crippen molar-refractivity contribution < 1.29 is 39.5 Å². The fourth-order valence-electron chi connectivity index (χ4n) is 2.87. The lowest BCUT2D eigenvalue weighted by molar-refractivity contribution is -0.147. The first-order valence-corrected chi connectivity index (χ1v) is 8.83. The molecule has 10 nitrogen and oxygen atoms in total. The molecule has 10 heteroatoms. The van der Waals surface area contributed by atoms with Crippen molar-refractivity contribution in [2.24, 2.45) is 5.92 Å². The highest BCUT2D eigenvalue weighted by molar-refractivity contribution is 5.84. The van der Waals surface area contributed by atoms with E-state index < -0.39 is 48.1 Å². The summed E-state index contributed by atoms with van der Waals surface area (Å²) in [5, 5.41) is 44.6. The average molecular weight is 388 g/mol. The Morgan fingerprint density at radius 2 is 1.81 bits per heavy atom. The van der Waals surface area contributed by atoms with E-state index in [4.69, 9.17) is 9.84 Å². The fourth-order valence-corrected chi connectivity index (χ4v) is 2.87. The summed E-state index contributed by atoms with van der Waals surface area (Å²) in [5.41, 5.74) is 0. The summed E-state index contributed by atoms with van der Waals surface area (Å²) in [7, 11) is 0. The first-order chi connectivity index (χ1) is 12.6. The molecule has 1 rings (SSSR count). The third kappa shape index (κ3) is 6.19. The minimum absolute atomic E-state index is 0.226. The number of carboxylic acids is 1. The van der Waals surface area contributed by atoms with Crippen LogP contribution in [-0.2, 0) is 19.1 Å². The van der Waals surface area contributed by atoms with Crippen LogP contribution in [0.3, 0.4) is 0 Å². The maximum Gasteiger partial charge on any atom is 0.370 e. The van der Waals surface area contributed by atoms with E-state index >= 15 is 0 Å². The van der Waals surface area contributed by atoms with Gasteiger partial charge in [0.15, 0.2) is 6.10 Å². The molecule has 0 fully saturated rings. The largest absolute Gasteiger partial charge is 0.478 e. The Balaban J connectivity index is 2.87. The van der Waals surface area contributed by atoms with Gasteiger partial charge in [0.05, 0.1) is 6.04 Å². The van der Waals surface area contributed by atoms with Crippen molar-refractivity contribution in [2.45, 2.75) is 64.1 Å². The van der Waals surface area contributed by atoms with Gasteiger partial charge in [0.25, 0.3) is 0 Å². The van der Waals surface area contributed by atoms with E-state index in [1.54, 1.807) is 0 Å². The number of carboxylic acid groups (broad SMARTS) is 1. The summed E-state index contributed by atoms with van der Waals surface area (Å²) in [6.45, 7) is 4.59. The standard InChI is InChI=1S/C17H28N2O8/c1-4-9(5-2)16(24)18-7-11(22)14(23)15-13(19-8(3)20)10(21)6-12(27-15)17(25)26/h6,9-11,13-15,21-23H,4-5,7H2,1-3H3,(H,18,24)(H,19,20)(H,25,26)/t10?,11-,13+,14-,15?/m0/s1. The molecule has 0 spiro atoms. The fraction of sp³-hybridized carbons (Fsp3) is 0.706. The summed E-state index contributed by atoms with van der Waals surface area (Å²) in [5.74, 6) is -3.12. The van der Waals surface area contributed by atoms with Gasteiger partial charge in [-0.05, 0) is 18.9 Å². The molecule has 2 unspecified atom stereocenters. The number of hydrogen-bond acceptors (Lipinski definition) is 7. The molecule has 0 aromatic heterocycles. The van der Waals surface area contributed by atoms with Gasteiger partial charge in [0, 0.05) is 19.4 Å². The van der Waals surface area contributed by atoms with Gasteiger partial charge in [0.1, 0.15) is 18.3 Å². The van der Waals surface area contributed by atoms with E-state index in [1.807, 2.05) is 13.8 Å². The molecule has 0 saturated heterocycles. The highest BCUT2D eigenvalue weighted by atomic mass is 16.5. The Bertz CT molecular complexity index is 575. The van der Waals surface area contributed by atoms with E-state index in [-0.39, 0.29) is 18.4 Å². The van der Waals surface area contributed by atoms with Crippen LogP contribution in [-0.4, -0.2) is 75.2 Å². The van der Waals surface area contributed by atoms with Crippen LogP contribution in [0.25, 0.3) is 0 Å². The van der Waals surface area contributed by atoms with E-state index in [2.05, 4.69) is 10.6 Å². The molecule has 0 aromatic carbocycles. The summed E-state index contributed by atoms with van der Waals surface area (Å²) >= 11 is 0. The average Bonchev–Trinajstić information content (AvgIpc) is 2.61. The molecule has 0 aliphatic carbocycles. The molecule has 2 amide bonds. The first kappa shape index (κ1) is 22.9. The summed E-state index contributed by atoms with van der Waals surface area (Å²) < 4.78 is 5.18. The number of amides is 2. The van der Waals surface area contributed by atoms with Crippen LogP contribution in [0.2, 0.25) is 0 Å². The number of aliphatic hydroxyl groups is 3. The number of carbonyl (C=O) groups excluding carboxylic acids is 2. The van der Waals surface area contributed by atoms with Gasteiger partial charge in [-0.3, -0.25) is 9.59 Å². The zero-order valence-electron chi connectivity index (χ0n) is 15.6. The molecule has 0 aromatic rings. The zero-order valence-corrected chi connectivity index (χ0v) is 15.6. The number of aliphatic hydroxyl groups excluding tert-OH is 3. The minimum atomic E-state index is -1.68. The molecule has 0 bridgehead atoms. The van der Waals surface area contributed by atoms with E-state index in [1.165, 1.54) is 6.92 Å². The Kier molecular flexibility index (Phi) is 8.67. The normalized spacial score (nSPS) is 24.4. The molecule has 1 aliphatic heterocycles. The molecule has 154 valence electrons. The van der Waals surface area contributed by atoms with Crippen molar-refractivity contribution in [1.29, 1.82) is 0 Å². The van der Waals surface area contributed by atoms with Crippen molar-refractivity contribution in [2.75, 3.05) is 6.54 Å². The Labute approximate surface area is 157 Å². The van der Waals surface area contributed by atoms with Crippen molar-refractivity contribution >= 4 is 17.8 Å². The zero-order chi connectivity index (χ0) is 20.7. The predicted octanol–water partition coefficient (Wildman–Crippen LogP) is -1.51. The molecule has 1 aliphatic rings. The number of nitrogens with one attached hydrogen (secondary N) is 2. The lowest BCUT2D eigenvalue weighted by Gasteiger charge is -2.38. The molecule has 5 atom stereocenters. The van der Waals surface area contributed by atoms with E-state index in [0.29, 0.717) is 12.8 Å². The molecule has 27 heavy (non-hydrogen) atoms. The molecular weight excluding hydrogens is 360 g/mol. The van der Waals surface area contributed by atoms with Crippen molar-refractivity contribution in [3.63, 3.8) is 0 Å². The van der Waals surface area contributed by atoms with Crippen molar-refractivity contribution in [3.05, 3.63) is 11.8 Å². The van der Waals surface area contributed by atoms with Crippen LogP contribution in [0.5, 0.6) is 0 Å². The lowest BCUT2D eigenvalue weighted by atomic mass is 9.93. The number of rotatable bonds is 9. The Morgan fingerprint density at radius 1 is 1.22 bits per heavy atom. The lowest BCUT2D eigenvalue weighted by Crippen LogP contribution is -2.60. The second kappa shape index (κ2) is 10.2. The van der Waals surface area contributed by atoms with Crippen LogP contribution in [0.4, 0.5) is 0 Å². The smallest absolute Gasteiger partial charge is 0.370 e. The summed E-state index contributed by atoms with van der Waals surface area (Å²) in [4.78, 5) is 34.5. The molecular formula is C17H28N2O8. The van der Waals surface area contributed by atoms with Crippen LogP contribution in [0.1, 0.15) is 33.6 Å². The van der Waals surface area contributed by atoms with Gasteiger partial charge in [0.2, 0.25) is 17.6 Å². The summed E-state index contributed by atoms with van der Waals surface area (Å²) in [6.07, 6.45) is -3.92. The Morgan fingerprint density at radius 3 is 2.30 bits per heavy atom. The third-order valence-electron chi connectivity index (χ3n) is 4.46. The molecule has 6 N–H and O–H groups in total. The quantitative estimate of drug-likeness (QED) is 0.277. The van der Waals surface area contributed by atoms with Crippen molar-refractivity contribution in [1.82, 2.24) is 10.6 Å². The molecule has 1 heterocycles. The molecule has 0 radical (unpaired) electrons. The van der Waals surface area contributed by atoms with Crippen LogP contribution < -0.4 is 10.6 Å². The summed E-state index contributed by atoms with van der Waals surface area (Å²) in [6, 6.07) is -1.18. The van der Waals surface area contributed by atoms with Crippen molar-refractivity contribution in [3.8, 4) is 0 Å². The third-order valence-corrected chi connectivity index (χ3v) is 4.46. The van der Waals surface area contributed by atoms with E-state index in [0.717, 1.165) is 6.08 Å². The second-order valence-corrected chi connectivity index (χ2v) is 6.45. The van der Waals surface area contributed by atoms with Crippen LogP contribution in [0, 0.1) is 5.92 Å². The van der Waals surface area contributed by atoms with Gasteiger partial charge in [-0.25, -0.2) is 4.79 Å². The van der Waals surface area contributed by atoms with Crippen LogP contribution >= 0.6 is 0 Å². The van der Waals surface area contributed by atoms with Gasteiger partial charge in [-0.2, -0.15) is 0 Å². The van der Waals surface area contributed by atoms with Gasteiger partial charge < -0.3 is 35.8 Å². The second-order valence-electron chi connectivity index (χ2n) is 6.45. The Hall–Kier alpha value is -2.17. The van der Waals surface area contributed by atoms with Gasteiger partial charge >= 0.3 is 5.97 Å². The monoisotopic (exact) mass is 388 g/mol. The molecule has 0 saturated carbocycles. The number of aliphatic carboxylic acids is 1. The minimum Gasteiger partial charge on any atom is -0.478 e. The van der Waals surface area contributed by atoms with E-state index in [9.17, 15) is 29.7 Å². The highest BCUT2D eigenvalue weighted by Crippen LogP contribution is 2.23. The number of hydrogen-bond donors (Lipinski definition) is 6.